The van der Waals surface area contributed by atoms with Crippen molar-refractivity contribution >= 4 is 17.4 Å². The highest BCUT2D eigenvalue weighted by Gasteiger charge is 2.39. The van der Waals surface area contributed by atoms with Crippen molar-refractivity contribution < 1.29 is 18.7 Å². The second-order valence-electron chi connectivity index (χ2n) is 7.10. The molecule has 0 saturated heterocycles. The van der Waals surface area contributed by atoms with Crippen molar-refractivity contribution in [3.8, 4) is 5.75 Å². The predicted octanol–water partition coefficient (Wildman–Crippen LogP) is 4.75. The second-order valence-corrected chi connectivity index (χ2v) is 7.10. The van der Waals surface area contributed by atoms with E-state index in [9.17, 15) is 14.0 Å². The first kappa shape index (κ1) is 18.4. The third-order valence-corrected chi connectivity index (χ3v) is 5.34. The van der Waals surface area contributed by atoms with Crippen LogP contribution >= 0.6 is 0 Å². The van der Waals surface area contributed by atoms with Crippen LogP contribution in [0.3, 0.4) is 0 Å². The quantitative estimate of drug-likeness (QED) is 0.770. The van der Waals surface area contributed by atoms with Crippen molar-refractivity contribution in [1.82, 2.24) is 0 Å². The summed E-state index contributed by atoms with van der Waals surface area (Å²) in [4.78, 5) is 27.4. The van der Waals surface area contributed by atoms with E-state index in [2.05, 4.69) is 0 Å². The monoisotopic (exact) mass is 379 g/mol. The molecule has 0 radical (unpaired) electrons. The molecule has 4 rings (SSSR count). The SMILES string of the molecule is CCOc1ccc(C2CC(=O)N(c3cccc(F)c3)C3=C2C(=O)CCC3)cc1. The van der Waals surface area contributed by atoms with Gasteiger partial charge in [0.25, 0.3) is 0 Å². The minimum atomic E-state index is -0.400. The highest BCUT2D eigenvalue weighted by molar-refractivity contribution is 6.07. The van der Waals surface area contributed by atoms with Crippen molar-refractivity contribution in [3.05, 3.63) is 71.2 Å². The Morgan fingerprint density at radius 3 is 2.61 bits per heavy atom. The van der Waals surface area contributed by atoms with Crippen LogP contribution < -0.4 is 9.64 Å². The number of benzene rings is 2. The van der Waals surface area contributed by atoms with Gasteiger partial charge in [-0.3, -0.25) is 14.5 Å². The van der Waals surface area contributed by atoms with Gasteiger partial charge in [-0.15, -0.1) is 0 Å². The lowest BCUT2D eigenvalue weighted by Gasteiger charge is -2.38. The number of hydrogen-bond donors (Lipinski definition) is 0. The zero-order valence-corrected chi connectivity index (χ0v) is 15.8. The van der Waals surface area contributed by atoms with Gasteiger partial charge >= 0.3 is 0 Å². The summed E-state index contributed by atoms with van der Waals surface area (Å²) in [5.74, 6) is 0.0601. The van der Waals surface area contributed by atoms with Gasteiger partial charge in [-0.05, 0) is 55.7 Å². The van der Waals surface area contributed by atoms with E-state index in [1.54, 1.807) is 17.0 Å². The zero-order valence-electron chi connectivity index (χ0n) is 15.8. The van der Waals surface area contributed by atoms with Gasteiger partial charge in [-0.25, -0.2) is 4.39 Å². The number of halogens is 1. The van der Waals surface area contributed by atoms with Crippen LogP contribution in [0.4, 0.5) is 10.1 Å². The summed E-state index contributed by atoms with van der Waals surface area (Å²) in [6, 6.07) is 13.6. The first-order chi connectivity index (χ1) is 13.6. The maximum atomic E-state index is 13.8. The molecule has 5 heteroatoms. The highest BCUT2D eigenvalue weighted by Crippen LogP contribution is 2.43. The molecule has 1 heterocycles. The van der Waals surface area contributed by atoms with E-state index in [1.165, 1.54) is 12.1 Å². The molecule has 2 aromatic rings. The largest absolute Gasteiger partial charge is 0.494 e. The number of rotatable bonds is 4. The summed E-state index contributed by atoms with van der Waals surface area (Å²) < 4.78 is 19.3. The van der Waals surface area contributed by atoms with E-state index in [0.717, 1.165) is 17.0 Å². The van der Waals surface area contributed by atoms with Gasteiger partial charge in [-0.2, -0.15) is 0 Å². The molecule has 0 aromatic heterocycles. The van der Waals surface area contributed by atoms with Gasteiger partial charge in [0.1, 0.15) is 11.6 Å². The Labute approximate surface area is 163 Å². The molecule has 1 unspecified atom stereocenters. The van der Waals surface area contributed by atoms with E-state index >= 15 is 0 Å². The predicted molar refractivity (Wildman–Crippen MR) is 105 cm³/mol. The number of anilines is 1. The molecule has 1 atom stereocenters. The Balaban J connectivity index is 1.78. The van der Waals surface area contributed by atoms with Crippen LogP contribution in [0, 0.1) is 5.82 Å². The third-order valence-electron chi connectivity index (χ3n) is 5.34. The molecule has 0 N–H and O–H groups in total. The molecule has 4 nitrogen and oxygen atoms in total. The molecule has 0 bridgehead atoms. The lowest BCUT2D eigenvalue weighted by atomic mass is 9.77. The summed E-state index contributed by atoms with van der Waals surface area (Å²) in [6.07, 6.45) is 2.01. The third kappa shape index (κ3) is 3.33. The smallest absolute Gasteiger partial charge is 0.232 e. The molecule has 0 fully saturated rings. The molecule has 28 heavy (non-hydrogen) atoms. The number of nitrogens with zero attached hydrogens (tertiary/aromatic N) is 1. The maximum absolute atomic E-state index is 13.8. The topological polar surface area (TPSA) is 46.6 Å². The van der Waals surface area contributed by atoms with Crippen molar-refractivity contribution in [3.63, 3.8) is 0 Å². The number of Topliss-reactive ketones (excluding diaryl/α,β-unsaturated/α-hetero) is 1. The molecule has 2 aromatic carbocycles. The minimum Gasteiger partial charge on any atom is -0.494 e. The first-order valence-corrected chi connectivity index (χ1v) is 9.66. The van der Waals surface area contributed by atoms with Gasteiger partial charge in [0.05, 0.1) is 12.3 Å². The number of ketones is 1. The summed E-state index contributed by atoms with van der Waals surface area (Å²) >= 11 is 0. The number of carbonyl (C=O) groups excluding carboxylic acids is 2. The fourth-order valence-electron chi connectivity index (χ4n) is 4.16. The lowest BCUT2D eigenvalue weighted by Crippen LogP contribution is -2.40. The van der Waals surface area contributed by atoms with Gasteiger partial charge in [0.2, 0.25) is 5.91 Å². The van der Waals surface area contributed by atoms with Crippen molar-refractivity contribution in [2.45, 2.75) is 38.5 Å². The fraction of sp³-hybridized carbons (Fsp3) is 0.304. The van der Waals surface area contributed by atoms with Gasteiger partial charge in [0.15, 0.2) is 5.78 Å². The van der Waals surface area contributed by atoms with Crippen LogP contribution in [0.25, 0.3) is 0 Å². The van der Waals surface area contributed by atoms with E-state index < -0.39 is 5.82 Å². The van der Waals surface area contributed by atoms with Crippen LogP contribution in [0.1, 0.15) is 44.1 Å². The van der Waals surface area contributed by atoms with Crippen LogP contribution in [-0.4, -0.2) is 18.3 Å². The normalized spacial score (nSPS) is 19.6. The molecular weight excluding hydrogens is 357 g/mol. The van der Waals surface area contributed by atoms with Crippen LogP contribution in [0.5, 0.6) is 5.75 Å². The Morgan fingerprint density at radius 1 is 1.11 bits per heavy atom. The summed E-state index contributed by atoms with van der Waals surface area (Å²) in [5.41, 5.74) is 2.83. The van der Waals surface area contributed by atoms with E-state index in [0.29, 0.717) is 37.1 Å². The molecular formula is C23H22FNO3. The van der Waals surface area contributed by atoms with Crippen molar-refractivity contribution in [2.24, 2.45) is 0 Å². The van der Waals surface area contributed by atoms with Gasteiger partial charge in [0, 0.05) is 30.0 Å². The Morgan fingerprint density at radius 2 is 1.89 bits per heavy atom. The van der Waals surface area contributed by atoms with E-state index in [1.807, 2.05) is 31.2 Å². The Bertz CT molecular complexity index is 949. The average molecular weight is 379 g/mol. The van der Waals surface area contributed by atoms with E-state index in [-0.39, 0.29) is 24.0 Å². The molecule has 144 valence electrons. The molecule has 0 saturated carbocycles. The molecule has 2 aliphatic rings. The van der Waals surface area contributed by atoms with Crippen LogP contribution in [0.2, 0.25) is 0 Å². The summed E-state index contributed by atoms with van der Waals surface area (Å²) in [7, 11) is 0. The number of ether oxygens (including phenoxy) is 1. The van der Waals surface area contributed by atoms with E-state index in [4.69, 9.17) is 4.74 Å². The number of hydrogen-bond acceptors (Lipinski definition) is 3. The first-order valence-electron chi connectivity index (χ1n) is 9.66. The molecule has 0 spiro atoms. The number of allylic oxidation sites excluding steroid dienone is 2. The Kier molecular flexibility index (Phi) is 4.99. The van der Waals surface area contributed by atoms with Crippen molar-refractivity contribution in [2.75, 3.05) is 11.5 Å². The van der Waals surface area contributed by atoms with Crippen LogP contribution in [-0.2, 0) is 9.59 Å². The van der Waals surface area contributed by atoms with Crippen LogP contribution in [0.15, 0.2) is 59.8 Å². The maximum Gasteiger partial charge on any atom is 0.232 e. The fourth-order valence-corrected chi connectivity index (χ4v) is 4.16. The number of carbonyl (C=O) groups is 2. The molecule has 1 aliphatic carbocycles. The van der Waals surface area contributed by atoms with Crippen molar-refractivity contribution in [1.29, 1.82) is 0 Å². The number of amides is 1. The summed E-state index contributed by atoms with van der Waals surface area (Å²) in [6.45, 7) is 2.50. The zero-order chi connectivity index (χ0) is 19.7. The highest BCUT2D eigenvalue weighted by atomic mass is 19.1. The van der Waals surface area contributed by atoms with Gasteiger partial charge < -0.3 is 4.74 Å². The molecule has 1 amide bonds. The molecule has 1 aliphatic heterocycles. The van der Waals surface area contributed by atoms with Gasteiger partial charge in [-0.1, -0.05) is 18.2 Å². The Hall–Kier alpha value is -2.95. The minimum absolute atomic E-state index is 0.0778. The lowest BCUT2D eigenvalue weighted by molar-refractivity contribution is -0.119. The summed E-state index contributed by atoms with van der Waals surface area (Å²) in [5, 5.41) is 0. The second kappa shape index (κ2) is 7.58. The standard InChI is InChI=1S/C23H22FNO3/c1-2-28-18-11-9-15(10-12-18)19-14-22(27)25(17-6-3-5-16(24)13-17)20-7-4-8-21(26)23(19)20/h3,5-6,9-13,19H,2,4,7-8,14H2,1H3. The average Bonchev–Trinajstić information content (AvgIpc) is 2.68.